The molecule has 0 amide bonds. The summed E-state index contributed by atoms with van der Waals surface area (Å²) in [5.74, 6) is 0.908. The lowest BCUT2D eigenvalue weighted by Crippen LogP contribution is -2.34. The van der Waals surface area contributed by atoms with Crippen LogP contribution < -0.4 is 9.47 Å². The Balaban J connectivity index is 1.36. The fraction of sp³-hybridized carbons (Fsp3) is 0.368. The third-order valence-corrected chi connectivity index (χ3v) is 5.87. The van der Waals surface area contributed by atoms with E-state index in [1.165, 1.54) is 0 Å². The summed E-state index contributed by atoms with van der Waals surface area (Å²) in [5, 5.41) is 10.2. The molecule has 1 aromatic carbocycles. The van der Waals surface area contributed by atoms with Gasteiger partial charge in [0.1, 0.15) is 29.1 Å². The molecule has 1 unspecified atom stereocenters. The normalized spacial score (nSPS) is 26.0. The molecule has 0 spiro atoms. The second-order valence-electron chi connectivity index (χ2n) is 6.79. The topological polar surface area (TPSA) is 98.7 Å². The molecule has 2 N–H and O–H groups in total. The summed E-state index contributed by atoms with van der Waals surface area (Å²) in [4.78, 5) is 12.9. The monoisotopic (exact) mass is 435 g/mol. The summed E-state index contributed by atoms with van der Waals surface area (Å²) in [6.07, 6.45) is 0.315. The van der Waals surface area contributed by atoms with E-state index in [0.29, 0.717) is 28.5 Å². The quantitative estimate of drug-likeness (QED) is 0.590. The zero-order chi connectivity index (χ0) is 20.0. The first-order valence-corrected chi connectivity index (χ1v) is 10.7. The van der Waals surface area contributed by atoms with E-state index in [9.17, 15) is 5.11 Å². The standard InChI is InChI=1S/C19H18ClN3O5S/c1-29-10-4-2-3-9(5-10)27-18-11(20)6-12-17(22-18)23-19(21-12)28-14-8-26-15-13(24)7-25-16(14)15/h2-6,13-16,24H,7-8H2,1H3,(H,21,22,23)/t13-,14-,15?,16-/m1/s1. The molecule has 0 aliphatic carbocycles. The number of hydrogen-bond donors (Lipinski definition) is 2. The van der Waals surface area contributed by atoms with Crippen molar-refractivity contribution >= 4 is 34.5 Å². The van der Waals surface area contributed by atoms with Gasteiger partial charge in [0.15, 0.2) is 11.8 Å². The highest BCUT2D eigenvalue weighted by Crippen LogP contribution is 2.33. The molecule has 8 nitrogen and oxygen atoms in total. The Labute approximate surface area is 175 Å². The average Bonchev–Trinajstić information content (AvgIpc) is 3.40. The number of nitrogens with one attached hydrogen (secondary N) is 1. The maximum absolute atomic E-state index is 9.84. The lowest BCUT2D eigenvalue weighted by atomic mass is 10.1. The maximum atomic E-state index is 9.84. The second-order valence-corrected chi connectivity index (χ2v) is 8.08. The Morgan fingerprint density at radius 1 is 1.21 bits per heavy atom. The van der Waals surface area contributed by atoms with Gasteiger partial charge in [0.25, 0.3) is 6.01 Å². The number of ether oxygens (including phenoxy) is 4. The fourth-order valence-corrected chi connectivity index (χ4v) is 4.11. The molecule has 0 bridgehead atoms. The Hall–Kier alpha value is -2.04. The summed E-state index contributed by atoms with van der Waals surface area (Å²) >= 11 is 7.97. The Morgan fingerprint density at radius 3 is 2.93 bits per heavy atom. The minimum Gasteiger partial charge on any atom is -0.456 e. The van der Waals surface area contributed by atoms with Crippen LogP contribution >= 0.6 is 23.4 Å². The fourth-order valence-electron chi connectivity index (χ4n) is 3.47. The van der Waals surface area contributed by atoms with Gasteiger partial charge in [0.05, 0.1) is 18.7 Å². The molecule has 2 aliphatic rings. The maximum Gasteiger partial charge on any atom is 0.296 e. The number of halogens is 1. The van der Waals surface area contributed by atoms with E-state index < -0.39 is 6.10 Å². The summed E-state index contributed by atoms with van der Waals surface area (Å²) in [5.41, 5.74) is 1.04. The van der Waals surface area contributed by atoms with Crippen molar-refractivity contribution in [3.05, 3.63) is 35.4 Å². The molecular weight excluding hydrogens is 418 g/mol. The molecule has 2 saturated heterocycles. The van der Waals surface area contributed by atoms with Crippen LogP contribution in [0.2, 0.25) is 5.02 Å². The number of aliphatic hydroxyl groups is 1. The highest BCUT2D eigenvalue weighted by atomic mass is 35.5. The van der Waals surface area contributed by atoms with Crippen molar-refractivity contribution in [1.29, 1.82) is 0 Å². The van der Waals surface area contributed by atoms with Crippen molar-refractivity contribution in [3.63, 3.8) is 0 Å². The van der Waals surface area contributed by atoms with Crippen LogP contribution in [0.3, 0.4) is 0 Å². The number of aromatic nitrogens is 3. The molecule has 29 heavy (non-hydrogen) atoms. The lowest BCUT2D eigenvalue weighted by Gasteiger charge is -2.15. The van der Waals surface area contributed by atoms with Crippen molar-refractivity contribution in [2.45, 2.75) is 29.3 Å². The summed E-state index contributed by atoms with van der Waals surface area (Å²) < 4.78 is 22.9. The SMILES string of the molecule is CSc1cccc(Oc2nc3nc(O[C@@H]4COC5[C@H](O)CO[C@@H]54)[nH]c3cc2Cl)c1. The number of nitrogens with zero attached hydrogens (tertiary/aromatic N) is 2. The van der Waals surface area contributed by atoms with Crippen molar-refractivity contribution < 1.29 is 24.1 Å². The predicted octanol–water partition coefficient (Wildman–Crippen LogP) is 3.03. The van der Waals surface area contributed by atoms with E-state index in [-0.39, 0.29) is 36.8 Å². The van der Waals surface area contributed by atoms with Crippen molar-refractivity contribution in [3.8, 4) is 17.6 Å². The van der Waals surface area contributed by atoms with E-state index in [1.807, 2.05) is 30.5 Å². The number of hydrogen-bond acceptors (Lipinski definition) is 8. The van der Waals surface area contributed by atoms with Crippen molar-refractivity contribution in [2.75, 3.05) is 19.5 Å². The van der Waals surface area contributed by atoms with Crippen LogP contribution in [0, 0.1) is 0 Å². The Morgan fingerprint density at radius 2 is 2.07 bits per heavy atom. The lowest BCUT2D eigenvalue weighted by molar-refractivity contribution is 0.00706. The number of imidazole rings is 1. The second kappa shape index (κ2) is 7.66. The van der Waals surface area contributed by atoms with Crippen LogP contribution in [0.15, 0.2) is 35.2 Å². The van der Waals surface area contributed by atoms with Gasteiger partial charge in [0, 0.05) is 4.90 Å². The highest BCUT2D eigenvalue weighted by Gasteiger charge is 2.48. The smallest absolute Gasteiger partial charge is 0.296 e. The first-order valence-electron chi connectivity index (χ1n) is 9.07. The third-order valence-electron chi connectivity index (χ3n) is 4.87. The number of benzene rings is 1. The van der Waals surface area contributed by atoms with Crippen LogP contribution in [0.25, 0.3) is 11.2 Å². The van der Waals surface area contributed by atoms with Gasteiger partial charge in [0.2, 0.25) is 5.88 Å². The Bertz CT molecular complexity index is 1050. The van der Waals surface area contributed by atoms with E-state index in [1.54, 1.807) is 17.8 Å². The van der Waals surface area contributed by atoms with Crippen molar-refractivity contribution in [2.24, 2.45) is 0 Å². The largest absolute Gasteiger partial charge is 0.456 e. The number of aliphatic hydroxyl groups excluding tert-OH is 1. The van der Waals surface area contributed by atoms with Gasteiger partial charge < -0.3 is 29.0 Å². The molecule has 0 radical (unpaired) electrons. The van der Waals surface area contributed by atoms with Crippen LogP contribution in [0.4, 0.5) is 0 Å². The van der Waals surface area contributed by atoms with Crippen LogP contribution in [-0.2, 0) is 9.47 Å². The van der Waals surface area contributed by atoms with Crippen LogP contribution in [0.1, 0.15) is 0 Å². The molecule has 2 fully saturated rings. The summed E-state index contributed by atoms with van der Waals surface area (Å²) in [7, 11) is 0. The molecule has 5 rings (SSSR count). The van der Waals surface area contributed by atoms with Crippen LogP contribution in [-0.4, -0.2) is 63.9 Å². The number of thioether (sulfide) groups is 1. The van der Waals surface area contributed by atoms with Gasteiger partial charge in [-0.25, -0.2) is 0 Å². The number of pyridine rings is 1. The minimum atomic E-state index is -0.630. The molecule has 3 aromatic rings. The van der Waals surface area contributed by atoms with Gasteiger partial charge >= 0.3 is 0 Å². The zero-order valence-corrected chi connectivity index (χ0v) is 16.9. The van der Waals surface area contributed by atoms with E-state index in [2.05, 4.69) is 15.0 Å². The highest BCUT2D eigenvalue weighted by molar-refractivity contribution is 7.98. The van der Waals surface area contributed by atoms with Gasteiger partial charge in [-0.2, -0.15) is 9.97 Å². The van der Waals surface area contributed by atoms with Gasteiger partial charge in [-0.05, 0) is 30.5 Å². The number of rotatable bonds is 5. The van der Waals surface area contributed by atoms with Gasteiger partial charge in [-0.3, -0.25) is 0 Å². The van der Waals surface area contributed by atoms with Crippen LogP contribution in [0.5, 0.6) is 17.6 Å². The van der Waals surface area contributed by atoms with E-state index in [0.717, 1.165) is 4.90 Å². The third kappa shape index (κ3) is 3.64. The van der Waals surface area contributed by atoms with E-state index in [4.69, 9.17) is 30.5 Å². The summed E-state index contributed by atoms with van der Waals surface area (Å²) in [6, 6.07) is 9.64. The van der Waals surface area contributed by atoms with Crippen molar-refractivity contribution in [1.82, 2.24) is 15.0 Å². The molecule has 2 aliphatic heterocycles. The minimum absolute atomic E-state index is 0.241. The average molecular weight is 436 g/mol. The Kier molecular flexibility index (Phi) is 5.00. The van der Waals surface area contributed by atoms with Gasteiger partial charge in [-0.1, -0.05) is 17.7 Å². The molecule has 4 heterocycles. The number of aromatic amines is 1. The first kappa shape index (κ1) is 19.0. The molecule has 10 heteroatoms. The predicted molar refractivity (Wildman–Crippen MR) is 107 cm³/mol. The molecule has 0 saturated carbocycles. The summed E-state index contributed by atoms with van der Waals surface area (Å²) in [6.45, 7) is 0.558. The van der Waals surface area contributed by atoms with E-state index >= 15 is 0 Å². The first-order chi connectivity index (χ1) is 14.1. The number of fused-ring (bicyclic) bond motifs is 2. The number of H-pyrrole nitrogens is 1. The molecule has 2 aromatic heterocycles. The zero-order valence-electron chi connectivity index (χ0n) is 15.4. The molecule has 4 atom stereocenters. The molecule has 152 valence electrons. The molecular formula is C19H18ClN3O5S. The van der Waals surface area contributed by atoms with Gasteiger partial charge in [-0.15, -0.1) is 11.8 Å².